The Kier molecular flexibility index (Phi) is 4.94. The summed E-state index contributed by atoms with van der Waals surface area (Å²) in [4.78, 5) is 14.2. The van der Waals surface area contributed by atoms with E-state index in [-0.39, 0.29) is 5.91 Å². The standard InChI is InChI=1S/C22H19ClN4O2/c1-13-4-5-15(11-18(13)23)22(28)24-19-12-21-20(10-14(19)2)25-27(26-21)16-6-8-17(29-3)9-7-16/h4-12H,1-3H3,(H,24,28). The van der Waals surface area contributed by atoms with Crippen LogP contribution in [0.2, 0.25) is 5.02 Å². The lowest BCUT2D eigenvalue weighted by Crippen LogP contribution is -2.12. The largest absolute Gasteiger partial charge is 0.497 e. The van der Waals surface area contributed by atoms with Crippen molar-refractivity contribution < 1.29 is 9.53 Å². The zero-order chi connectivity index (χ0) is 20.5. The van der Waals surface area contributed by atoms with Gasteiger partial charge in [-0.25, -0.2) is 0 Å². The Hall–Kier alpha value is -3.38. The van der Waals surface area contributed by atoms with Gasteiger partial charge in [0.1, 0.15) is 16.8 Å². The molecule has 4 aromatic rings. The number of aryl methyl sites for hydroxylation is 2. The fourth-order valence-electron chi connectivity index (χ4n) is 2.96. The average molecular weight is 407 g/mol. The van der Waals surface area contributed by atoms with E-state index in [1.165, 1.54) is 0 Å². The van der Waals surface area contributed by atoms with E-state index in [2.05, 4.69) is 15.5 Å². The third kappa shape index (κ3) is 3.79. The van der Waals surface area contributed by atoms with Gasteiger partial charge in [0.05, 0.1) is 12.8 Å². The number of rotatable bonds is 4. The molecule has 0 aliphatic heterocycles. The molecule has 3 aromatic carbocycles. The molecule has 0 bridgehead atoms. The number of benzene rings is 3. The van der Waals surface area contributed by atoms with Crippen molar-refractivity contribution in [2.45, 2.75) is 13.8 Å². The first kappa shape index (κ1) is 19.0. The molecule has 6 nitrogen and oxygen atoms in total. The van der Waals surface area contributed by atoms with Gasteiger partial charge in [-0.2, -0.15) is 4.80 Å². The summed E-state index contributed by atoms with van der Waals surface area (Å²) < 4.78 is 5.18. The maximum Gasteiger partial charge on any atom is 0.255 e. The molecule has 0 saturated carbocycles. The van der Waals surface area contributed by atoms with Gasteiger partial charge in [0.15, 0.2) is 0 Å². The van der Waals surface area contributed by atoms with Crippen molar-refractivity contribution in [1.29, 1.82) is 0 Å². The van der Waals surface area contributed by atoms with E-state index in [1.54, 1.807) is 24.0 Å². The molecule has 146 valence electrons. The minimum Gasteiger partial charge on any atom is -0.497 e. The van der Waals surface area contributed by atoms with Crippen LogP contribution in [-0.4, -0.2) is 28.0 Å². The van der Waals surface area contributed by atoms with E-state index < -0.39 is 0 Å². The van der Waals surface area contributed by atoms with E-state index in [9.17, 15) is 4.79 Å². The van der Waals surface area contributed by atoms with Gasteiger partial charge in [-0.1, -0.05) is 17.7 Å². The van der Waals surface area contributed by atoms with Gasteiger partial charge < -0.3 is 10.1 Å². The van der Waals surface area contributed by atoms with Crippen molar-refractivity contribution in [3.63, 3.8) is 0 Å². The summed E-state index contributed by atoms with van der Waals surface area (Å²) in [6.07, 6.45) is 0. The van der Waals surface area contributed by atoms with Gasteiger partial charge in [-0.3, -0.25) is 4.79 Å². The van der Waals surface area contributed by atoms with Gasteiger partial charge >= 0.3 is 0 Å². The molecular weight excluding hydrogens is 388 g/mol. The fraction of sp³-hybridized carbons (Fsp3) is 0.136. The molecule has 1 heterocycles. The van der Waals surface area contributed by atoms with E-state index in [0.29, 0.717) is 21.8 Å². The molecule has 4 rings (SSSR count). The first-order chi connectivity index (χ1) is 13.9. The van der Waals surface area contributed by atoms with E-state index in [0.717, 1.165) is 28.1 Å². The molecule has 0 fully saturated rings. The number of hydrogen-bond acceptors (Lipinski definition) is 4. The number of anilines is 1. The first-order valence-electron chi connectivity index (χ1n) is 9.04. The molecule has 0 aliphatic carbocycles. The van der Waals surface area contributed by atoms with Crippen molar-refractivity contribution in [1.82, 2.24) is 15.0 Å². The Morgan fingerprint density at radius 1 is 0.966 bits per heavy atom. The Bertz CT molecular complexity index is 1220. The maximum atomic E-state index is 12.6. The van der Waals surface area contributed by atoms with Gasteiger partial charge in [0.25, 0.3) is 5.91 Å². The highest BCUT2D eigenvalue weighted by Crippen LogP contribution is 2.24. The molecule has 0 aliphatic rings. The lowest BCUT2D eigenvalue weighted by atomic mass is 10.1. The minimum absolute atomic E-state index is 0.225. The summed E-state index contributed by atoms with van der Waals surface area (Å²) in [6, 6.07) is 16.5. The van der Waals surface area contributed by atoms with Crippen molar-refractivity contribution in [2.24, 2.45) is 0 Å². The SMILES string of the molecule is COc1ccc(-n2nc3cc(C)c(NC(=O)c4ccc(C)c(Cl)c4)cc3n2)cc1. The molecule has 1 N–H and O–H groups in total. The number of nitrogens with one attached hydrogen (secondary N) is 1. The highest BCUT2D eigenvalue weighted by Gasteiger charge is 2.13. The van der Waals surface area contributed by atoms with Crippen LogP contribution in [0.4, 0.5) is 5.69 Å². The second kappa shape index (κ2) is 7.56. The summed E-state index contributed by atoms with van der Waals surface area (Å²) in [5, 5.41) is 12.6. The van der Waals surface area contributed by atoms with Crippen LogP contribution in [0.5, 0.6) is 5.75 Å². The molecule has 0 unspecified atom stereocenters. The molecule has 7 heteroatoms. The van der Waals surface area contributed by atoms with Crippen LogP contribution in [0, 0.1) is 13.8 Å². The van der Waals surface area contributed by atoms with Crippen LogP contribution in [-0.2, 0) is 0 Å². The summed E-state index contributed by atoms with van der Waals surface area (Å²) in [7, 11) is 1.62. The molecule has 1 amide bonds. The monoisotopic (exact) mass is 406 g/mol. The number of fused-ring (bicyclic) bond motifs is 1. The molecule has 29 heavy (non-hydrogen) atoms. The number of hydrogen-bond donors (Lipinski definition) is 1. The minimum atomic E-state index is -0.225. The number of carbonyl (C=O) groups excluding carboxylic acids is 1. The topological polar surface area (TPSA) is 69.0 Å². The lowest BCUT2D eigenvalue weighted by molar-refractivity contribution is 0.102. The van der Waals surface area contributed by atoms with Crippen molar-refractivity contribution >= 4 is 34.2 Å². The van der Waals surface area contributed by atoms with Crippen LogP contribution in [0.3, 0.4) is 0 Å². The Balaban J connectivity index is 1.64. The van der Waals surface area contributed by atoms with Crippen molar-refractivity contribution in [3.8, 4) is 11.4 Å². The van der Waals surface area contributed by atoms with Crippen molar-refractivity contribution in [2.75, 3.05) is 12.4 Å². The molecule has 0 atom stereocenters. The maximum absolute atomic E-state index is 12.6. The predicted molar refractivity (Wildman–Crippen MR) is 114 cm³/mol. The second-order valence-electron chi connectivity index (χ2n) is 6.76. The predicted octanol–water partition coefficient (Wildman–Crippen LogP) is 4.95. The molecular formula is C22H19ClN4O2. The number of halogens is 1. The number of ether oxygens (including phenoxy) is 1. The van der Waals surface area contributed by atoms with Crippen LogP contribution in [0.15, 0.2) is 54.6 Å². The highest BCUT2D eigenvalue weighted by molar-refractivity contribution is 6.31. The van der Waals surface area contributed by atoms with Gasteiger partial charge in [0, 0.05) is 16.3 Å². The van der Waals surface area contributed by atoms with Crippen LogP contribution < -0.4 is 10.1 Å². The molecule has 1 aromatic heterocycles. The Labute approximate surface area is 173 Å². The molecule has 0 radical (unpaired) electrons. The Morgan fingerprint density at radius 3 is 2.31 bits per heavy atom. The number of methoxy groups -OCH3 is 1. The zero-order valence-electron chi connectivity index (χ0n) is 16.2. The van der Waals surface area contributed by atoms with Crippen LogP contribution in [0.1, 0.15) is 21.5 Å². The lowest BCUT2D eigenvalue weighted by Gasteiger charge is -2.09. The van der Waals surface area contributed by atoms with Crippen molar-refractivity contribution in [3.05, 3.63) is 76.3 Å². The van der Waals surface area contributed by atoms with E-state index >= 15 is 0 Å². The van der Waals surface area contributed by atoms with Gasteiger partial charge in [0.2, 0.25) is 0 Å². The fourth-order valence-corrected chi connectivity index (χ4v) is 3.14. The third-order valence-corrected chi connectivity index (χ3v) is 5.12. The average Bonchev–Trinajstić information content (AvgIpc) is 3.13. The molecule has 0 spiro atoms. The van der Waals surface area contributed by atoms with Crippen LogP contribution >= 0.6 is 11.6 Å². The summed E-state index contributed by atoms with van der Waals surface area (Å²) in [5.41, 5.74) is 5.25. The smallest absolute Gasteiger partial charge is 0.255 e. The number of aromatic nitrogens is 3. The summed E-state index contributed by atoms with van der Waals surface area (Å²) in [6.45, 7) is 3.82. The summed E-state index contributed by atoms with van der Waals surface area (Å²) >= 11 is 6.14. The van der Waals surface area contributed by atoms with Crippen LogP contribution in [0.25, 0.3) is 16.7 Å². The highest BCUT2D eigenvalue weighted by atomic mass is 35.5. The second-order valence-corrected chi connectivity index (χ2v) is 7.17. The number of carbonyl (C=O) groups is 1. The quantitative estimate of drug-likeness (QED) is 0.520. The first-order valence-corrected chi connectivity index (χ1v) is 9.42. The number of nitrogens with zero attached hydrogens (tertiary/aromatic N) is 3. The zero-order valence-corrected chi connectivity index (χ0v) is 17.0. The number of amides is 1. The van der Waals surface area contributed by atoms with E-state index in [4.69, 9.17) is 16.3 Å². The van der Waals surface area contributed by atoms with E-state index in [1.807, 2.05) is 56.3 Å². The summed E-state index contributed by atoms with van der Waals surface area (Å²) in [5.74, 6) is 0.541. The normalized spacial score (nSPS) is 10.9. The van der Waals surface area contributed by atoms with Gasteiger partial charge in [-0.05, 0) is 73.5 Å². The Morgan fingerprint density at radius 2 is 1.66 bits per heavy atom. The molecule has 0 saturated heterocycles. The third-order valence-electron chi connectivity index (χ3n) is 4.71. The van der Waals surface area contributed by atoms with Gasteiger partial charge in [-0.15, -0.1) is 10.2 Å².